The fourth-order valence-corrected chi connectivity index (χ4v) is 4.32. The van der Waals surface area contributed by atoms with Gasteiger partial charge in [-0.25, -0.2) is 8.42 Å². The van der Waals surface area contributed by atoms with Gasteiger partial charge in [-0.15, -0.1) is 0 Å². The lowest BCUT2D eigenvalue weighted by atomic mass is 10.1. The normalized spacial score (nSPS) is 14.8. The van der Waals surface area contributed by atoms with Gasteiger partial charge in [-0.3, -0.25) is 0 Å². The van der Waals surface area contributed by atoms with E-state index >= 15 is 0 Å². The van der Waals surface area contributed by atoms with Gasteiger partial charge in [-0.2, -0.15) is 0 Å². The van der Waals surface area contributed by atoms with Gasteiger partial charge < -0.3 is 9.73 Å². The molecule has 0 bridgehead atoms. The molecular weight excluding hydrogens is 310 g/mol. The van der Waals surface area contributed by atoms with Gasteiger partial charge in [0.2, 0.25) is 9.84 Å². The molecule has 1 aliphatic heterocycles. The number of aryl methyl sites for hydroxylation is 1. The van der Waals surface area contributed by atoms with E-state index in [0.29, 0.717) is 16.3 Å². The number of sulfone groups is 1. The minimum atomic E-state index is -3.51. The zero-order chi connectivity index (χ0) is 16.0. The van der Waals surface area contributed by atoms with Gasteiger partial charge in [0.1, 0.15) is 11.3 Å². The molecule has 0 atom stereocenters. The number of rotatable bonds is 2. The van der Waals surface area contributed by atoms with Crippen LogP contribution in [0.25, 0.3) is 11.0 Å². The van der Waals surface area contributed by atoms with Crippen molar-refractivity contribution in [2.75, 3.05) is 6.54 Å². The van der Waals surface area contributed by atoms with Crippen molar-refractivity contribution in [1.29, 1.82) is 0 Å². The zero-order valence-corrected chi connectivity index (χ0v) is 13.6. The van der Waals surface area contributed by atoms with Crippen molar-refractivity contribution in [3.8, 4) is 0 Å². The summed E-state index contributed by atoms with van der Waals surface area (Å²) in [5, 5.41) is 4.18. The van der Waals surface area contributed by atoms with Crippen molar-refractivity contribution in [1.82, 2.24) is 5.32 Å². The van der Waals surface area contributed by atoms with Gasteiger partial charge in [0.05, 0.1) is 16.3 Å². The Morgan fingerprint density at radius 2 is 1.78 bits per heavy atom. The van der Waals surface area contributed by atoms with Gasteiger partial charge >= 0.3 is 0 Å². The Balaban J connectivity index is 1.86. The highest BCUT2D eigenvalue weighted by Gasteiger charge is 2.22. The third-order valence-electron chi connectivity index (χ3n) is 4.32. The number of fused-ring (bicyclic) bond motifs is 3. The van der Waals surface area contributed by atoms with Crippen molar-refractivity contribution in [3.63, 3.8) is 0 Å². The molecule has 1 aromatic heterocycles. The minimum Gasteiger partial charge on any atom is -0.459 e. The van der Waals surface area contributed by atoms with E-state index in [-0.39, 0.29) is 0 Å². The number of nitrogens with one attached hydrogen (secondary N) is 1. The Bertz CT molecular complexity index is 985. The SMILES string of the molecule is Cc1ccc(S(=O)(=O)c2ccc3oc4c(c3c2)CCNC4)cc1. The first-order valence-corrected chi connectivity index (χ1v) is 9.11. The van der Waals surface area contributed by atoms with E-state index in [1.54, 1.807) is 30.3 Å². The highest BCUT2D eigenvalue weighted by Crippen LogP contribution is 2.31. The van der Waals surface area contributed by atoms with Crippen LogP contribution in [0.3, 0.4) is 0 Å². The minimum absolute atomic E-state index is 0.316. The van der Waals surface area contributed by atoms with Crippen molar-refractivity contribution in [3.05, 3.63) is 59.4 Å². The molecule has 2 aromatic carbocycles. The third-order valence-corrected chi connectivity index (χ3v) is 6.09. The Hall–Kier alpha value is -2.11. The van der Waals surface area contributed by atoms with E-state index in [9.17, 15) is 8.42 Å². The second-order valence-electron chi connectivity index (χ2n) is 5.91. The van der Waals surface area contributed by atoms with Crippen LogP contribution in [0, 0.1) is 6.92 Å². The highest BCUT2D eigenvalue weighted by atomic mass is 32.2. The van der Waals surface area contributed by atoms with Crippen molar-refractivity contribution < 1.29 is 12.8 Å². The van der Waals surface area contributed by atoms with Gasteiger partial charge in [-0.1, -0.05) is 17.7 Å². The summed E-state index contributed by atoms with van der Waals surface area (Å²) in [6.45, 7) is 3.52. The van der Waals surface area contributed by atoms with E-state index in [0.717, 1.165) is 40.8 Å². The van der Waals surface area contributed by atoms with Gasteiger partial charge in [0.15, 0.2) is 0 Å². The van der Waals surface area contributed by atoms with Crippen LogP contribution >= 0.6 is 0 Å². The van der Waals surface area contributed by atoms with E-state index in [4.69, 9.17) is 4.42 Å². The molecule has 1 aliphatic rings. The fraction of sp³-hybridized carbons (Fsp3) is 0.222. The molecule has 2 heterocycles. The quantitative estimate of drug-likeness (QED) is 0.785. The van der Waals surface area contributed by atoms with Crippen LogP contribution in [0.2, 0.25) is 0 Å². The zero-order valence-electron chi connectivity index (χ0n) is 12.8. The molecule has 1 N–H and O–H groups in total. The number of hydrogen-bond donors (Lipinski definition) is 1. The lowest BCUT2D eigenvalue weighted by molar-refractivity contribution is 0.488. The van der Waals surface area contributed by atoms with E-state index in [2.05, 4.69) is 5.32 Å². The maximum atomic E-state index is 12.8. The van der Waals surface area contributed by atoms with Gasteiger partial charge in [0, 0.05) is 10.9 Å². The highest BCUT2D eigenvalue weighted by molar-refractivity contribution is 7.91. The maximum Gasteiger partial charge on any atom is 0.206 e. The second kappa shape index (κ2) is 5.22. The van der Waals surface area contributed by atoms with E-state index < -0.39 is 9.84 Å². The first-order valence-electron chi connectivity index (χ1n) is 7.62. The molecule has 5 heteroatoms. The molecule has 118 valence electrons. The summed E-state index contributed by atoms with van der Waals surface area (Å²) in [5.74, 6) is 0.913. The first-order chi connectivity index (χ1) is 11.1. The Kier molecular flexibility index (Phi) is 3.28. The summed E-state index contributed by atoms with van der Waals surface area (Å²) in [4.78, 5) is 0.637. The van der Waals surface area contributed by atoms with Crippen LogP contribution in [0.4, 0.5) is 0 Å². The molecule has 0 unspecified atom stereocenters. The maximum absolute atomic E-state index is 12.8. The second-order valence-corrected chi connectivity index (χ2v) is 7.85. The molecule has 3 aromatic rings. The molecule has 0 spiro atoms. The number of hydrogen-bond acceptors (Lipinski definition) is 4. The summed E-state index contributed by atoms with van der Waals surface area (Å²) in [5.41, 5.74) is 2.91. The lowest BCUT2D eigenvalue weighted by Crippen LogP contribution is -2.22. The molecule has 0 saturated heterocycles. The van der Waals surface area contributed by atoms with Crippen LogP contribution in [0.15, 0.2) is 56.7 Å². The van der Waals surface area contributed by atoms with Crippen molar-refractivity contribution in [2.24, 2.45) is 0 Å². The number of furan rings is 1. The van der Waals surface area contributed by atoms with Gasteiger partial charge in [-0.05, 0) is 50.2 Å². The summed E-state index contributed by atoms with van der Waals surface area (Å²) in [6, 6.07) is 12.1. The van der Waals surface area contributed by atoms with E-state index in [1.807, 2.05) is 19.1 Å². The summed E-state index contributed by atoms with van der Waals surface area (Å²) in [6.07, 6.45) is 0.858. The predicted octanol–water partition coefficient (Wildman–Crippen LogP) is 3.22. The van der Waals surface area contributed by atoms with Gasteiger partial charge in [0.25, 0.3) is 0 Å². The molecule has 4 nitrogen and oxygen atoms in total. The van der Waals surface area contributed by atoms with E-state index in [1.165, 1.54) is 0 Å². The van der Waals surface area contributed by atoms with Crippen LogP contribution in [-0.2, 0) is 22.8 Å². The fourth-order valence-electron chi connectivity index (χ4n) is 3.03. The summed E-state index contributed by atoms with van der Waals surface area (Å²) >= 11 is 0. The molecule has 0 radical (unpaired) electrons. The average molecular weight is 327 g/mol. The smallest absolute Gasteiger partial charge is 0.206 e. The van der Waals surface area contributed by atoms with Crippen LogP contribution in [0.5, 0.6) is 0 Å². The summed E-state index contributed by atoms with van der Waals surface area (Å²) < 4.78 is 31.5. The third kappa shape index (κ3) is 2.36. The van der Waals surface area contributed by atoms with Crippen molar-refractivity contribution >= 4 is 20.8 Å². The Morgan fingerprint density at radius 3 is 2.57 bits per heavy atom. The number of benzene rings is 2. The predicted molar refractivity (Wildman–Crippen MR) is 88.3 cm³/mol. The molecule has 23 heavy (non-hydrogen) atoms. The molecule has 4 rings (SSSR count). The molecule has 0 fully saturated rings. The monoisotopic (exact) mass is 327 g/mol. The summed E-state index contributed by atoms with van der Waals surface area (Å²) in [7, 11) is -3.51. The van der Waals surface area contributed by atoms with Crippen LogP contribution in [0.1, 0.15) is 16.9 Å². The van der Waals surface area contributed by atoms with Crippen LogP contribution < -0.4 is 5.32 Å². The lowest BCUT2D eigenvalue weighted by Gasteiger charge is -2.11. The standard InChI is InChI=1S/C18H17NO3S/c1-12-2-4-13(5-3-12)23(20,21)14-6-7-17-16(10-14)15-8-9-19-11-18(15)22-17/h2-7,10,19H,8-9,11H2,1H3. The Morgan fingerprint density at radius 1 is 1.04 bits per heavy atom. The van der Waals surface area contributed by atoms with Crippen LogP contribution in [-0.4, -0.2) is 15.0 Å². The average Bonchev–Trinajstić information content (AvgIpc) is 2.93. The Labute approximate surface area is 135 Å². The molecule has 0 amide bonds. The molecule has 0 saturated carbocycles. The topological polar surface area (TPSA) is 59.3 Å². The van der Waals surface area contributed by atoms with Crippen molar-refractivity contribution in [2.45, 2.75) is 29.7 Å². The largest absolute Gasteiger partial charge is 0.459 e. The molecular formula is C18H17NO3S. The first kappa shape index (κ1) is 14.5. The molecule has 0 aliphatic carbocycles.